The van der Waals surface area contributed by atoms with Crippen molar-refractivity contribution >= 4 is 16.6 Å². The molecular weight excluding hydrogens is 434 g/mol. The summed E-state index contributed by atoms with van der Waals surface area (Å²) in [6, 6.07) is 33.3. The normalized spacial score (nSPS) is 18.7. The van der Waals surface area contributed by atoms with Gasteiger partial charge in [0.2, 0.25) is 6.23 Å². The summed E-state index contributed by atoms with van der Waals surface area (Å²) in [5.74, 6) is 1.68. The lowest BCUT2D eigenvalue weighted by atomic mass is 9.95. The zero-order chi connectivity index (χ0) is 23.4. The number of rotatable bonds is 3. The summed E-state index contributed by atoms with van der Waals surface area (Å²) in [6.07, 6.45) is 0.492. The van der Waals surface area contributed by atoms with E-state index in [-0.39, 0.29) is 12.3 Å². The molecule has 0 fully saturated rings. The standard InChI is InChI=1S/C30H23N3O2/c1-19-11-13-21(14-12-19)29-24-17-22(15-16-25(24)32-35-29)30-33-27(23-9-5-6-10-28(23)34-30)18-26(31-33)20-7-3-2-4-8-20/h2-17,27,30H,18H2,1H3/t27-,30+/m0/s1. The van der Waals surface area contributed by atoms with Crippen molar-refractivity contribution in [3.05, 3.63) is 119 Å². The van der Waals surface area contributed by atoms with E-state index in [0.29, 0.717) is 0 Å². The molecule has 5 aromatic rings. The Bertz CT molecular complexity index is 1570. The first-order valence-electron chi connectivity index (χ1n) is 11.9. The molecule has 4 aromatic carbocycles. The molecule has 2 aliphatic rings. The van der Waals surface area contributed by atoms with Gasteiger partial charge in [0.05, 0.1) is 17.1 Å². The third-order valence-corrected chi connectivity index (χ3v) is 6.91. The number of aryl methyl sites for hydroxylation is 1. The van der Waals surface area contributed by atoms with Crippen LogP contribution in [-0.4, -0.2) is 15.9 Å². The van der Waals surface area contributed by atoms with E-state index in [1.807, 2.05) is 18.2 Å². The largest absolute Gasteiger partial charge is 0.464 e. The van der Waals surface area contributed by atoms with Crippen molar-refractivity contribution in [3.63, 3.8) is 0 Å². The summed E-state index contributed by atoms with van der Waals surface area (Å²) in [4.78, 5) is 0. The maximum Gasteiger partial charge on any atom is 0.213 e. The van der Waals surface area contributed by atoms with Crippen LogP contribution in [-0.2, 0) is 0 Å². The maximum absolute atomic E-state index is 6.57. The van der Waals surface area contributed by atoms with Gasteiger partial charge in [-0.05, 0) is 30.7 Å². The van der Waals surface area contributed by atoms with Gasteiger partial charge in [-0.15, -0.1) is 0 Å². The predicted molar refractivity (Wildman–Crippen MR) is 136 cm³/mol. The van der Waals surface area contributed by atoms with Gasteiger partial charge in [-0.1, -0.05) is 89.6 Å². The zero-order valence-electron chi connectivity index (χ0n) is 19.3. The second-order valence-corrected chi connectivity index (χ2v) is 9.17. The Morgan fingerprint density at radius 3 is 2.49 bits per heavy atom. The first kappa shape index (κ1) is 20.0. The molecule has 35 heavy (non-hydrogen) atoms. The number of hydrogen-bond donors (Lipinski definition) is 0. The Balaban J connectivity index is 1.34. The van der Waals surface area contributed by atoms with Gasteiger partial charge in [0.25, 0.3) is 0 Å². The summed E-state index contributed by atoms with van der Waals surface area (Å²) in [5.41, 5.74) is 7.46. The minimum Gasteiger partial charge on any atom is -0.464 e. The minimum absolute atomic E-state index is 0.120. The fraction of sp³-hybridized carbons (Fsp3) is 0.133. The molecule has 0 saturated heterocycles. The van der Waals surface area contributed by atoms with Gasteiger partial charge in [-0.25, -0.2) is 5.01 Å². The molecule has 0 spiro atoms. The smallest absolute Gasteiger partial charge is 0.213 e. The van der Waals surface area contributed by atoms with E-state index in [2.05, 4.69) is 96.0 Å². The van der Waals surface area contributed by atoms with Gasteiger partial charge >= 0.3 is 0 Å². The van der Waals surface area contributed by atoms with Crippen molar-refractivity contribution in [3.8, 4) is 17.1 Å². The average Bonchev–Trinajstić information content (AvgIpc) is 3.54. The van der Waals surface area contributed by atoms with Gasteiger partial charge in [-0.3, -0.25) is 0 Å². The van der Waals surface area contributed by atoms with Crippen LogP contribution >= 0.6 is 0 Å². The zero-order valence-corrected chi connectivity index (χ0v) is 19.3. The lowest BCUT2D eigenvalue weighted by molar-refractivity contribution is -0.0189. The molecule has 0 N–H and O–H groups in total. The van der Waals surface area contributed by atoms with Crippen LogP contribution in [0.5, 0.6) is 5.75 Å². The van der Waals surface area contributed by atoms with Crippen LogP contribution in [0.15, 0.2) is 107 Å². The fourth-order valence-corrected chi connectivity index (χ4v) is 5.09. The molecule has 170 valence electrons. The summed E-state index contributed by atoms with van der Waals surface area (Å²) < 4.78 is 12.3. The van der Waals surface area contributed by atoms with Gasteiger partial charge in [-0.2, -0.15) is 5.10 Å². The first-order valence-corrected chi connectivity index (χ1v) is 11.9. The monoisotopic (exact) mass is 457 g/mol. The van der Waals surface area contributed by atoms with Gasteiger partial charge in [0, 0.05) is 23.1 Å². The highest BCUT2D eigenvalue weighted by atomic mass is 16.5. The predicted octanol–water partition coefficient (Wildman–Crippen LogP) is 7.05. The second-order valence-electron chi connectivity index (χ2n) is 9.17. The van der Waals surface area contributed by atoms with Crippen LogP contribution in [0.3, 0.4) is 0 Å². The third kappa shape index (κ3) is 3.31. The van der Waals surface area contributed by atoms with Gasteiger partial charge < -0.3 is 9.26 Å². The van der Waals surface area contributed by atoms with E-state index in [4.69, 9.17) is 14.4 Å². The molecule has 2 aliphatic heterocycles. The topological polar surface area (TPSA) is 50.9 Å². The highest BCUT2D eigenvalue weighted by Gasteiger charge is 2.41. The number of nitrogens with zero attached hydrogens (tertiary/aromatic N) is 3. The van der Waals surface area contributed by atoms with Crippen LogP contribution < -0.4 is 4.74 Å². The molecule has 0 saturated carbocycles. The Kier molecular flexibility index (Phi) is 4.49. The molecular formula is C30H23N3O2. The number of benzene rings is 4. The Hall–Kier alpha value is -4.38. The SMILES string of the molecule is Cc1ccc(-c2onc3ccc([C@H]4Oc5ccccc5[C@@H]5CC(c6ccccc6)=NN45)cc23)cc1. The highest BCUT2D eigenvalue weighted by Crippen LogP contribution is 2.48. The van der Waals surface area contributed by atoms with Crippen molar-refractivity contribution in [2.45, 2.75) is 25.6 Å². The summed E-state index contributed by atoms with van der Waals surface area (Å²) in [7, 11) is 0. The van der Waals surface area contributed by atoms with E-state index >= 15 is 0 Å². The molecule has 5 heteroatoms. The molecule has 0 bridgehead atoms. The van der Waals surface area contributed by atoms with Crippen LogP contribution in [0.1, 0.15) is 40.9 Å². The average molecular weight is 458 g/mol. The van der Waals surface area contributed by atoms with Crippen molar-refractivity contribution in [2.75, 3.05) is 0 Å². The molecule has 0 amide bonds. The fourth-order valence-electron chi connectivity index (χ4n) is 5.09. The van der Waals surface area contributed by atoms with E-state index in [0.717, 1.165) is 51.2 Å². The molecule has 5 nitrogen and oxygen atoms in total. The summed E-state index contributed by atoms with van der Waals surface area (Å²) >= 11 is 0. The minimum atomic E-state index is -0.346. The second kappa shape index (κ2) is 7.84. The first-order chi connectivity index (χ1) is 17.2. The Morgan fingerprint density at radius 1 is 0.829 bits per heavy atom. The molecule has 3 heterocycles. The number of hydrazone groups is 1. The number of aromatic nitrogens is 1. The summed E-state index contributed by atoms with van der Waals surface area (Å²) in [6.45, 7) is 2.08. The molecule has 0 radical (unpaired) electrons. The molecule has 0 unspecified atom stereocenters. The van der Waals surface area contributed by atoms with E-state index in [9.17, 15) is 0 Å². The van der Waals surface area contributed by atoms with Gasteiger partial charge in [0.15, 0.2) is 5.76 Å². The lowest BCUT2D eigenvalue weighted by Gasteiger charge is -2.38. The summed E-state index contributed by atoms with van der Waals surface area (Å²) in [5, 5.41) is 12.5. The van der Waals surface area contributed by atoms with Crippen LogP contribution in [0, 0.1) is 6.92 Å². The highest BCUT2D eigenvalue weighted by molar-refractivity contribution is 6.02. The quantitative estimate of drug-likeness (QED) is 0.291. The van der Waals surface area contributed by atoms with E-state index in [1.54, 1.807) is 0 Å². The molecule has 0 aliphatic carbocycles. The molecule has 1 aromatic heterocycles. The maximum atomic E-state index is 6.57. The molecule has 2 atom stereocenters. The van der Waals surface area contributed by atoms with Gasteiger partial charge in [0.1, 0.15) is 11.3 Å². The Morgan fingerprint density at radius 2 is 1.63 bits per heavy atom. The van der Waals surface area contributed by atoms with Crippen molar-refractivity contribution < 1.29 is 9.26 Å². The van der Waals surface area contributed by atoms with E-state index < -0.39 is 0 Å². The lowest BCUT2D eigenvalue weighted by Crippen LogP contribution is -2.33. The van der Waals surface area contributed by atoms with Crippen LogP contribution in [0.2, 0.25) is 0 Å². The van der Waals surface area contributed by atoms with Crippen molar-refractivity contribution in [1.29, 1.82) is 0 Å². The molecule has 7 rings (SSSR count). The van der Waals surface area contributed by atoms with Crippen LogP contribution in [0.4, 0.5) is 0 Å². The van der Waals surface area contributed by atoms with E-state index in [1.165, 1.54) is 11.1 Å². The Labute approximate surface area is 203 Å². The number of para-hydroxylation sites is 1. The number of ether oxygens (including phenoxy) is 1. The number of fused-ring (bicyclic) bond motifs is 4. The van der Waals surface area contributed by atoms with Crippen molar-refractivity contribution in [1.82, 2.24) is 10.2 Å². The van der Waals surface area contributed by atoms with Crippen LogP contribution in [0.25, 0.3) is 22.2 Å². The van der Waals surface area contributed by atoms with Crippen molar-refractivity contribution in [2.24, 2.45) is 5.10 Å². The number of hydrogen-bond acceptors (Lipinski definition) is 5. The third-order valence-electron chi connectivity index (χ3n) is 6.91.